The largest absolute Gasteiger partial charge is 0.495 e. The molecule has 0 bridgehead atoms. The number of carbonyl (C=O) groups is 2. The second-order valence-corrected chi connectivity index (χ2v) is 5.66. The molecule has 0 spiro atoms. The second kappa shape index (κ2) is 7.65. The maximum atomic E-state index is 12.9. The van der Waals surface area contributed by atoms with Crippen molar-refractivity contribution in [3.8, 4) is 5.75 Å². The van der Waals surface area contributed by atoms with Crippen LogP contribution in [-0.4, -0.2) is 18.9 Å². The summed E-state index contributed by atoms with van der Waals surface area (Å²) in [6.07, 6.45) is -4.67. The van der Waals surface area contributed by atoms with Crippen LogP contribution in [0.1, 0.15) is 11.1 Å². The zero-order valence-corrected chi connectivity index (χ0v) is 14.5. The van der Waals surface area contributed by atoms with Gasteiger partial charge < -0.3 is 15.4 Å². The number of benzene rings is 2. The number of rotatable bonds is 3. The molecule has 5 nitrogen and oxygen atoms in total. The lowest BCUT2D eigenvalue weighted by molar-refractivity contribution is -0.137. The topological polar surface area (TPSA) is 67.4 Å². The third-order valence-corrected chi connectivity index (χ3v) is 3.82. The second-order valence-electron chi connectivity index (χ2n) is 5.25. The van der Waals surface area contributed by atoms with E-state index in [-0.39, 0.29) is 11.4 Å². The molecule has 0 aliphatic rings. The Labute approximate surface area is 152 Å². The lowest BCUT2D eigenvalue weighted by Gasteiger charge is -2.14. The fourth-order valence-corrected chi connectivity index (χ4v) is 2.28. The van der Waals surface area contributed by atoms with Crippen molar-refractivity contribution >= 4 is 34.8 Å². The molecule has 0 aliphatic carbocycles. The van der Waals surface area contributed by atoms with Crippen molar-refractivity contribution in [2.24, 2.45) is 0 Å². The minimum absolute atomic E-state index is 0.165. The minimum atomic E-state index is -4.67. The third-order valence-electron chi connectivity index (χ3n) is 3.42. The van der Waals surface area contributed by atoms with Crippen LogP contribution in [0.25, 0.3) is 0 Å². The van der Waals surface area contributed by atoms with Crippen LogP contribution in [0.2, 0.25) is 5.02 Å². The van der Waals surface area contributed by atoms with E-state index in [1.54, 1.807) is 6.92 Å². The van der Waals surface area contributed by atoms with E-state index in [0.29, 0.717) is 10.6 Å². The molecule has 2 aromatic rings. The van der Waals surface area contributed by atoms with E-state index in [4.69, 9.17) is 16.3 Å². The van der Waals surface area contributed by atoms with Gasteiger partial charge in [-0.25, -0.2) is 0 Å². The van der Waals surface area contributed by atoms with Gasteiger partial charge in [0.25, 0.3) is 0 Å². The van der Waals surface area contributed by atoms with Gasteiger partial charge in [0, 0.05) is 11.1 Å². The van der Waals surface area contributed by atoms with E-state index in [9.17, 15) is 22.8 Å². The lowest BCUT2D eigenvalue weighted by atomic mass is 10.1. The van der Waals surface area contributed by atoms with E-state index >= 15 is 0 Å². The molecule has 2 amide bonds. The number of halogens is 4. The Hall–Kier alpha value is -2.74. The molecule has 0 radical (unpaired) electrons. The number of alkyl halides is 3. The molecule has 2 N–H and O–H groups in total. The van der Waals surface area contributed by atoms with Crippen molar-refractivity contribution in [3.63, 3.8) is 0 Å². The molecule has 0 saturated carbocycles. The fourth-order valence-electron chi connectivity index (χ4n) is 2.13. The Morgan fingerprint density at radius 1 is 1.04 bits per heavy atom. The van der Waals surface area contributed by atoms with Crippen molar-refractivity contribution in [2.75, 3.05) is 17.7 Å². The van der Waals surface area contributed by atoms with Crippen molar-refractivity contribution in [3.05, 3.63) is 52.5 Å². The van der Waals surface area contributed by atoms with Crippen LogP contribution in [0, 0.1) is 6.92 Å². The molecule has 0 atom stereocenters. The summed E-state index contributed by atoms with van der Waals surface area (Å²) in [7, 11) is 1.34. The van der Waals surface area contributed by atoms with E-state index in [2.05, 4.69) is 5.32 Å². The first-order valence-electron chi connectivity index (χ1n) is 7.26. The molecule has 0 aromatic heterocycles. The molecule has 2 rings (SSSR count). The van der Waals surface area contributed by atoms with Gasteiger partial charge in [0.2, 0.25) is 0 Å². The van der Waals surface area contributed by atoms with Gasteiger partial charge >= 0.3 is 18.0 Å². The van der Waals surface area contributed by atoms with Gasteiger partial charge in [0.1, 0.15) is 5.75 Å². The Morgan fingerprint density at radius 2 is 1.62 bits per heavy atom. The van der Waals surface area contributed by atoms with E-state index in [1.165, 1.54) is 31.4 Å². The highest BCUT2D eigenvalue weighted by molar-refractivity contribution is 6.44. The van der Waals surface area contributed by atoms with Gasteiger partial charge in [0.05, 0.1) is 24.0 Å². The van der Waals surface area contributed by atoms with Crippen molar-refractivity contribution in [1.82, 2.24) is 0 Å². The van der Waals surface area contributed by atoms with Crippen molar-refractivity contribution in [2.45, 2.75) is 13.1 Å². The SMILES string of the molecule is COc1cc(Cl)c(C)cc1NC(=O)C(=O)Nc1ccccc1C(F)(F)F. The summed E-state index contributed by atoms with van der Waals surface area (Å²) in [6, 6.07) is 7.29. The molecule has 138 valence electrons. The predicted molar refractivity (Wildman–Crippen MR) is 91.4 cm³/mol. The maximum absolute atomic E-state index is 12.9. The number of nitrogens with one attached hydrogen (secondary N) is 2. The van der Waals surface area contributed by atoms with Crippen LogP contribution in [0.5, 0.6) is 5.75 Å². The molecule has 0 heterocycles. The smallest absolute Gasteiger partial charge is 0.418 e. The first kappa shape index (κ1) is 19.6. The van der Waals surface area contributed by atoms with Crippen LogP contribution in [0.3, 0.4) is 0 Å². The highest BCUT2D eigenvalue weighted by Crippen LogP contribution is 2.35. The van der Waals surface area contributed by atoms with Crippen LogP contribution in [-0.2, 0) is 15.8 Å². The molecule has 9 heteroatoms. The average Bonchev–Trinajstić information content (AvgIpc) is 2.57. The van der Waals surface area contributed by atoms with Gasteiger partial charge in [-0.05, 0) is 30.7 Å². The summed E-state index contributed by atoms with van der Waals surface area (Å²) in [5, 5.41) is 4.65. The Kier molecular flexibility index (Phi) is 5.76. The monoisotopic (exact) mass is 386 g/mol. The molecular formula is C17H14ClF3N2O3. The number of amides is 2. The van der Waals surface area contributed by atoms with Crippen LogP contribution in [0.4, 0.5) is 24.5 Å². The number of para-hydroxylation sites is 1. The number of ether oxygens (including phenoxy) is 1. The average molecular weight is 387 g/mol. The number of hydrogen-bond acceptors (Lipinski definition) is 3. The Bertz CT molecular complexity index is 854. The van der Waals surface area contributed by atoms with Crippen molar-refractivity contribution < 1.29 is 27.5 Å². The summed E-state index contributed by atoms with van der Waals surface area (Å²) in [6.45, 7) is 1.68. The number of hydrogen-bond donors (Lipinski definition) is 2. The van der Waals surface area contributed by atoms with Crippen LogP contribution >= 0.6 is 11.6 Å². The van der Waals surface area contributed by atoms with Gasteiger partial charge in [0.15, 0.2) is 0 Å². The van der Waals surface area contributed by atoms with E-state index in [0.717, 1.165) is 12.1 Å². The Morgan fingerprint density at radius 3 is 2.19 bits per heavy atom. The third kappa shape index (κ3) is 4.45. The van der Waals surface area contributed by atoms with Gasteiger partial charge in [-0.3, -0.25) is 9.59 Å². The summed E-state index contributed by atoms with van der Waals surface area (Å²) < 4.78 is 43.9. The summed E-state index contributed by atoms with van der Waals surface area (Å²) in [5.41, 5.74) is -0.787. The maximum Gasteiger partial charge on any atom is 0.418 e. The van der Waals surface area contributed by atoms with E-state index in [1.807, 2.05) is 5.32 Å². The number of methoxy groups -OCH3 is 1. The van der Waals surface area contributed by atoms with Crippen LogP contribution in [0.15, 0.2) is 36.4 Å². The molecule has 0 unspecified atom stereocenters. The first-order valence-corrected chi connectivity index (χ1v) is 7.64. The van der Waals surface area contributed by atoms with Crippen LogP contribution < -0.4 is 15.4 Å². The summed E-state index contributed by atoms with van der Waals surface area (Å²) >= 11 is 5.95. The molecule has 2 aromatic carbocycles. The standard InChI is InChI=1S/C17H14ClF3N2O3/c1-9-7-13(14(26-2)8-11(9)18)23-16(25)15(24)22-12-6-4-3-5-10(12)17(19,20)21/h3-8H,1-2H3,(H,22,24)(H,23,25). The minimum Gasteiger partial charge on any atom is -0.495 e. The predicted octanol–water partition coefficient (Wildman–Crippen LogP) is 4.25. The lowest BCUT2D eigenvalue weighted by Crippen LogP contribution is -2.30. The highest BCUT2D eigenvalue weighted by atomic mass is 35.5. The number of aryl methyl sites for hydroxylation is 1. The fraction of sp³-hybridized carbons (Fsp3) is 0.176. The Balaban J connectivity index is 2.20. The van der Waals surface area contributed by atoms with Gasteiger partial charge in [-0.15, -0.1) is 0 Å². The quantitative estimate of drug-likeness (QED) is 0.775. The molecule has 0 fully saturated rings. The summed E-state index contributed by atoms with van der Waals surface area (Å²) in [5.74, 6) is -2.20. The molecule has 0 aliphatic heterocycles. The number of carbonyl (C=O) groups excluding carboxylic acids is 2. The van der Waals surface area contributed by atoms with Gasteiger partial charge in [-0.1, -0.05) is 23.7 Å². The zero-order valence-electron chi connectivity index (χ0n) is 13.7. The summed E-state index contributed by atoms with van der Waals surface area (Å²) in [4.78, 5) is 24.0. The molecular weight excluding hydrogens is 373 g/mol. The van der Waals surface area contributed by atoms with Crippen molar-refractivity contribution in [1.29, 1.82) is 0 Å². The molecule has 26 heavy (non-hydrogen) atoms. The zero-order chi connectivity index (χ0) is 19.5. The van der Waals surface area contributed by atoms with E-state index < -0.39 is 29.2 Å². The number of anilines is 2. The normalized spacial score (nSPS) is 11.0. The van der Waals surface area contributed by atoms with Gasteiger partial charge in [-0.2, -0.15) is 13.2 Å². The molecule has 0 saturated heterocycles. The first-order chi connectivity index (χ1) is 12.1. The highest BCUT2D eigenvalue weighted by Gasteiger charge is 2.34.